The van der Waals surface area contributed by atoms with Crippen LogP contribution in [0.5, 0.6) is 0 Å². The maximum Gasteiger partial charge on any atom is 0.416 e. The second kappa shape index (κ2) is 3.43. The van der Waals surface area contributed by atoms with Crippen molar-refractivity contribution < 1.29 is 13.2 Å². The van der Waals surface area contributed by atoms with E-state index in [1.54, 1.807) is 18.2 Å². The third kappa shape index (κ3) is 2.42. The Hall–Kier alpha value is -1.25. The molecular weight excluding hydrogens is 165 g/mol. The van der Waals surface area contributed by atoms with Crippen LogP contribution in [-0.2, 0) is 0 Å². The van der Waals surface area contributed by atoms with Crippen LogP contribution in [-0.4, -0.2) is 6.18 Å². The molecule has 0 unspecified atom stereocenters. The summed E-state index contributed by atoms with van der Waals surface area (Å²) in [6, 6.07) is 0. The van der Waals surface area contributed by atoms with Crippen molar-refractivity contribution in [2.24, 2.45) is 0 Å². The molecule has 0 saturated carbocycles. The smallest absolute Gasteiger partial charge is 0.166 e. The molecule has 64 valence electrons. The van der Waals surface area contributed by atoms with E-state index in [0.29, 0.717) is 0 Å². The van der Waals surface area contributed by atoms with Crippen molar-refractivity contribution >= 4 is 0 Å². The van der Waals surface area contributed by atoms with Crippen LogP contribution < -0.4 is 0 Å². The minimum absolute atomic E-state index is 0.636. The molecule has 0 heterocycles. The molecule has 0 spiro atoms. The van der Waals surface area contributed by atoms with E-state index in [1.807, 2.05) is 0 Å². The van der Waals surface area contributed by atoms with E-state index in [2.05, 4.69) is 0 Å². The lowest BCUT2D eigenvalue weighted by atomic mass is 10.2. The fourth-order valence-corrected chi connectivity index (χ4v) is 0.755. The van der Waals surface area contributed by atoms with Gasteiger partial charge in [0, 0.05) is 0 Å². The first-order valence-electron chi connectivity index (χ1n) is 3.39. The number of allylic oxidation sites excluding steroid dienone is 8. The Morgan fingerprint density at radius 1 is 0.833 bits per heavy atom. The number of hydrogen-bond acceptors (Lipinski definition) is 0. The van der Waals surface area contributed by atoms with Gasteiger partial charge in [0.2, 0.25) is 0 Å². The average molecular weight is 172 g/mol. The van der Waals surface area contributed by atoms with Gasteiger partial charge in [-0.25, -0.2) is 0 Å². The number of alkyl halides is 3. The maximum absolute atomic E-state index is 12.1. The van der Waals surface area contributed by atoms with Gasteiger partial charge in [0.15, 0.2) is 0 Å². The van der Waals surface area contributed by atoms with Crippen molar-refractivity contribution in [2.75, 3.05) is 0 Å². The maximum atomic E-state index is 12.1. The number of hydrogen-bond donors (Lipinski definition) is 0. The summed E-state index contributed by atoms with van der Waals surface area (Å²) in [6.07, 6.45) is 5.32. The van der Waals surface area contributed by atoms with E-state index in [0.717, 1.165) is 12.2 Å². The van der Waals surface area contributed by atoms with Gasteiger partial charge >= 0.3 is 6.18 Å². The van der Waals surface area contributed by atoms with Crippen molar-refractivity contribution in [2.45, 2.75) is 6.18 Å². The second-order valence-electron chi connectivity index (χ2n) is 2.25. The van der Waals surface area contributed by atoms with Crippen molar-refractivity contribution in [1.29, 1.82) is 0 Å². The summed E-state index contributed by atoms with van der Waals surface area (Å²) in [5.74, 6) is 0. The Labute approximate surface area is 68.4 Å². The van der Waals surface area contributed by atoms with Crippen LogP contribution in [0.4, 0.5) is 13.2 Å². The van der Waals surface area contributed by atoms with E-state index < -0.39 is 11.7 Å². The van der Waals surface area contributed by atoms with Crippen LogP contribution in [0, 0.1) is 0 Å². The topological polar surface area (TPSA) is 0 Å². The molecule has 0 nitrogen and oxygen atoms in total. The lowest BCUT2D eigenvalue weighted by Crippen LogP contribution is -2.09. The lowest BCUT2D eigenvalue weighted by Gasteiger charge is -2.06. The summed E-state index contributed by atoms with van der Waals surface area (Å²) in [4.78, 5) is 0. The molecule has 1 rings (SSSR count). The van der Waals surface area contributed by atoms with Gasteiger partial charge in [0.25, 0.3) is 0 Å². The standard InChI is InChI=1S/C9H7F3/c10-9(11,12)8-6-4-2-1-3-5-7-8/h1-7H/b2-1-,3-1?,4-2?,5-3+,6-4-,7-5?,8-6?,8-7-. The molecule has 1 aliphatic rings. The highest BCUT2D eigenvalue weighted by Gasteiger charge is 2.30. The molecule has 0 atom stereocenters. The van der Waals surface area contributed by atoms with Crippen molar-refractivity contribution in [3.05, 3.63) is 48.1 Å². The molecular formula is C9H7F3. The van der Waals surface area contributed by atoms with E-state index >= 15 is 0 Å². The van der Waals surface area contributed by atoms with Crippen molar-refractivity contribution in [3.63, 3.8) is 0 Å². The molecule has 0 saturated heterocycles. The molecule has 0 aliphatic heterocycles. The predicted molar refractivity (Wildman–Crippen MR) is 41.6 cm³/mol. The third-order valence-corrected chi connectivity index (χ3v) is 1.32. The summed E-state index contributed by atoms with van der Waals surface area (Å²) in [5, 5.41) is 0. The Kier molecular flexibility index (Phi) is 2.53. The zero-order valence-electron chi connectivity index (χ0n) is 6.18. The van der Waals surface area contributed by atoms with Crippen LogP contribution in [0.1, 0.15) is 0 Å². The van der Waals surface area contributed by atoms with Gasteiger partial charge in [-0.2, -0.15) is 13.2 Å². The van der Waals surface area contributed by atoms with Crippen molar-refractivity contribution in [1.82, 2.24) is 0 Å². The largest absolute Gasteiger partial charge is 0.416 e. The zero-order valence-corrected chi connectivity index (χ0v) is 6.18. The zero-order chi connectivity index (χ0) is 9.03. The monoisotopic (exact) mass is 172 g/mol. The Morgan fingerprint density at radius 2 is 1.42 bits per heavy atom. The molecule has 0 N–H and O–H groups in total. The molecule has 3 heteroatoms. The first-order valence-corrected chi connectivity index (χ1v) is 3.39. The molecule has 0 aromatic carbocycles. The van der Waals surface area contributed by atoms with Crippen LogP contribution in [0.3, 0.4) is 0 Å². The molecule has 12 heavy (non-hydrogen) atoms. The fourth-order valence-electron chi connectivity index (χ4n) is 0.755. The van der Waals surface area contributed by atoms with Crippen LogP contribution in [0.15, 0.2) is 48.1 Å². The van der Waals surface area contributed by atoms with Crippen LogP contribution >= 0.6 is 0 Å². The molecule has 0 bridgehead atoms. The summed E-state index contributed by atoms with van der Waals surface area (Å²) in [7, 11) is 0. The summed E-state index contributed by atoms with van der Waals surface area (Å²) < 4.78 is 36.2. The highest BCUT2D eigenvalue weighted by atomic mass is 19.4. The average Bonchev–Trinajstić information content (AvgIpc) is 1.81. The van der Waals surface area contributed by atoms with E-state index in [9.17, 15) is 13.2 Å². The highest BCUT2D eigenvalue weighted by Crippen LogP contribution is 2.26. The third-order valence-electron chi connectivity index (χ3n) is 1.32. The van der Waals surface area contributed by atoms with Gasteiger partial charge in [-0.05, 0) is 0 Å². The second-order valence-corrected chi connectivity index (χ2v) is 2.25. The number of rotatable bonds is 0. The Morgan fingerprint density at radius 3 is 2.08 bits per heavy atom. The van der Waals surface area contributed by atoms with Gasteiger partial charge in [0.1, 0.15) is 0 Å². The predicted octanol–water partition coefficient (Wildman–Crippen LogP) is 3.16. The number of halogens is 3. The normalized spacial score (nSPS) is 29.4. The van der Waals surface area contributed by atoms with E-state index in [-0.39, 0.29) is 0 Å². The first kappa shape index (κ1) is 8.84. The fraction of sp³-hybridized carbons (Fsp3) is 0.111. The molecule has 1 aliphatic carbocycles. The Balaban J connectivity index is 2.90. The molecule has 0 aromatic heterocycles. The Bertz CT molecular complexity index is 264. The molecule has 0 amide bonds. The SMILES string of the molecule is FC(F)(F)C1=C\C=C\C=C/C=C\1. The molecule has 0 radical (unpaired) electrons. The molecule has 0 aromatic rings. The van der Waals surface area contributed by atoms with Crippen LogP contribution in [0.25, 0.3) is 0 Å². The summed E-state index contributed by atoms with van der Waals surface area (Å²) in [6.45, 7) is 0. The van der Waals surface area contributed by atoms with E-state index in [1.165, 1.54) is 12.2 Å². The van der Waals surface area contributed by atoms with Gasteiger partial charge in [-0.1, -0.05) is 42.5 Å². The highest BCUT2D eigenvalue weighted by molar-refractivity contribution is 5.33. The minimum Gasteiger partial charge on any atom is -0.166 e. The van der Waals surface area contributed by atoms with Crippen molar-refractivity contribution in [3.8, 4) is 0 Å². The van der Waals surface area contributed by atoms with Crippen LogP contribution in [0.2, 0.25) is 0 Å². The van der Waals surface area contributed by atoms with Gasteiger partial charge < -0.3 is 0 Å². The summed E-state index contributed by atoms with van der Waals surface area (Å²) >= 11 is 0. The van der Waals surface area contributed by atoms with Gasteiger partial charge in [0.05, 0.1) is 5.57 Å². The van der Waals surface area contributed by atoms with E-state index in [4.69, 9.17) is 0 Å². The van der Waals surface area contributed by atoms with Gasteiger partial charge in [-0.3, -0.25) is 0 Å². The lowest BCUT2D eigenvalue weighted by molar-refractivity contribution is -0.0881. The summed E-state index contributed by atoms with van der Waals surface area (Å²) in [5.41, 5.74) is -0.636. The molecule has 0 fully saturated rings. The quantitative estimate of drug-likeness (QED) is 0.526. The minimum atomic E-state index is -4.26. The first-order chi connectivity index (χ1) is 5.61. The van der Waals surface area contributed by atoms with Gasteiger partial charge in [-0.15, -0.1) is 0 Å².